The SMILES string of the molecule is O=C(NCCC/C(=N\O)c1cccs1)c1cccc([N+](=O)[O-])c1. The summed E-state index contributed by atoms with van der Waals surface area (Å²) in [5.41, 5.74) is 0.697. The van der Waals surface area contributed by atoms with Crippen LogP contribution in [-0.2, 0) is 0 Å². The summed E-state index contributed by atoms with van der Waals surface area (Å²) in [4.78, 5) is 23.0. The molecule has 2 N–H and O–H groups in total. The molecule has 0 radical (unpaired) electrons. The molecule has 2 rings (SSSR count). The van der Waals surface area contributed by atoms with Gasteiger partial charge in [0.05, 0.1) is 15.5 Å². The highest BCUT2D eigenvalue weighted by Crippen LogP contribution is 2.14. The van der Waals surface area contributed by atoms with Crippen LogP contribution >= 0.6 is 11.3 Å². The predicted octanol–water partition coefficient (Wildman–Crippen LogP) is 3.04. The van der Waals surface area contributed by atoms with Crippen LogP contribution in [0.15, 0.2) is 46.9 Å². The number of nitrogens with zero attached hydrogens (tertiary/aromatic N) is 2. The average molecular weight is 333 g/mol. The molecule has 7 nitrogen and oxygen atoms in total. The molecule has 2 aromatic rings. The topological polar surface area (TPSA) is 105 Å². The fraction of sp³-hybridized carbons (Fsp3) is 0.200. The third-order valence-corrected chi connectivity index (χ3v) is 4.04. The van der Waals surface area contributed by atoms with E-state index in [9.17, 15) is 14.9 Å². The number of rotatable bonds is 7. The number of carbonyl (C=O) groups is 1. The lowest BCUT2D eigenvalue weighted by molar-refractivity contribution is -0.384. The first-order valence-electron chi connectivity index (χ1n) is 6.89. The molecule has 1 heterocycles. The van der Waals surface area contributed by atoms with Gasteiger partial charge in [-0.25, -0.2) is 0 Å². The van der Waals surface area contributed by atoms with E-state index in [1.165, 1.54) is 35.6 Å². The molecular formula is C15H15N3O4S. The summed E-state index contributed by atoms with van der Waals surface area (Å²) >= 11 is 1.48. The van der Waals surface area contributed by atoms with Crippen molar-refractivity contribution in [3.8, 4) is 0 Å². The number of nitro groups is 1. The van der Waals surface area contributed by atoms with Crippen molar-refractivity contribution in [2.24, 2.45) is 5.16 Å². The van der Waals surface area contributed by atoms with Gasteiger partial charge in [0, 0.05) is 24.2 Å². The van der Waals surface area contributed by atoms with Crippen molar-refractivity contribution in [2.75, 3.05) is 6.54 Å². The number of hydrogen-bond acceptors (Lipinski definition) is 6. The van der Waals surface area contributed by atoms with E-state index in [0.717, 1.165) is 4.88 Å². The Balaban J connectivity index is 1.83. The molecule has 0 atom stereocenters. The lowest BCUT2D eigenvalue weighted by Crippen LogP contribution is -2.24. The van der Waals surface area contributed by atoms with Gasteiger partial charge in [-0.05, 0) is 30.4 Å². The van der Waals surface area contributed by atoms with Crippen molar-refractivity contribution in [1.29, 1.82) is 0 Å². The van der Waals surface area contributed by atoms with Crippen molar-refractivity contribution in [3.05, 3.63) is 62.3 Å². The fourth-order valence-corrected chi connectivity index (χ4v) is 2.73. The van der Waals surface area contributed by atoms with Crippen LogP contribution in [0.4, 0.5) is 5.69 Å². The molecule has 8 heteroatoms. The Morgan fingerprint density at radius 2 is 2.17 bits per heavy atom. The van der Waals surface area contributed by atoms with Gasteiger partial charge in [0.1, 0.15) is 0 Å². The molecule has 0 spiro atoms. The summed E-state index contributed by atoms with van der Waals surface area (Å²) in [6, 6.07) is 9.30. The van der Waals surface area contributed by atoms with Crippen LogP contribution < -0.4 is 5.32 Å². The van der Waals surface area contributed by atoms with Crippen LogP contribution in [0.2, 0.25) is 0 Å². The molecule has 0 saturated carbocycles. The van der Waals surface area contributed by atoms with E-state index in [-0.39, 0.29) is 17.2 Å². The van der Waals surface area contributed by atoms with Gasteiger partial charge in [-0.3, -0.25) is 14.9 Å². The molecule has 1 amide bonds. The van der Waals surface area contributed by atoms with E-state index >= 15 is 0 Å². The number of hydrogen-bond donors (Lipinski definition) is 2. The second kappa shape index (κ2) is 8.04. The Morgan fingerprint density at radius 3 is 2.83 bits per heavy atom. The largest absolute Gasteiger partial charge is 0.411 e. The second-order valence-electron chi connectivity index (χ2n) is 4.69. The summed E-state index contributed by atoms with van der Waals surface area (Å²) in [6.07, 6.45) is 1.12. The summed E-state index contributed by atoms with van der Waals surface area (Å²) in [7, 11) is 0. The summed E-state index contributed by atoms with van der Waals surface area (Å²) in [5.74, 6) is -0.368. The monoisotopic (exact) mass is 333 g/mol. The highest BCUT2D eigenvalue weighted by atomic mass is 32.1. The number of nitrogens with one attached hydrogen (secondary N) is 1. The van der Waals surface area contributed by atoms with Crippen molar-refractivity contribution < 1.29 is 14.9 Å². The molecule has 0 saturated heterocycles. The van der Waals surface area contributed by atoms with Crippen LogP contribution in [0, 0.1) is 10.1 Å². The third kappa shape index (κ3) is 4.62. The molecule has 0 unspecified atom stereocenters. The van der Waals surface area contributed by atoms with E-state index in [0.29, 0.717) is 25.1 Å². The number of nitro benzene ring substituents is 1. The Hall–Kier alpha value is -2.74. The summed E-state index contributed by atoms with van der Waals surface area (Å²) < 4.78 is 0. The van der Waals surface area contributed by atoms with E-state index < -0.39 is 4.92 Å². The maximum absolute atomic E-state index is 12.0. The Morgan fingerprint density at radius 1 is 1.35 bits per heavy atom. The third-order valence-electron chi connectivity index (χ3n) is 3.12. The molecule has 1 aromatic carbocycles. The second-order valence-corrected chi connectivity index (χ2v) is 5.64. The van der Waals surface area contributed by atoms with Crippen LogP contribution in [0.25, 0.3) is 0 Å². The van der Waals surface area contributed by atoms with E-state index in [4.69, 9.17) is 5.21 Å². The van der Waals surface area contributed by atoms with E-state index in [1.54, 1.807) is 0 Å². The number of oxime groups is 1. The number of carbonyl (C=O) groups excluding carboxylic acids is 1. The summed E-state index contributed by atoms with van der Waals surface area (Å²) in [6.45, 7) is 0.381. The van der Waals surface area contributed by atoms with Crippen molar-refractivity contribution in [1.82, 2.24) is 5.32 Å². The quantitative estimate of drug-likeness (QED) is 0.267. The maximum atomic E-state index is 12.0. The molecule has 1 aromatic heterocycles. The normalized spacial score (nSPS) is 11.2. The number of benzene rings is 1. The van der Waals surface area contributed by atoms with Crippen molar-refractivity contribution >= 4 is 28.6 Å². The van der Waals surface area contributed by atoms with Gasteiger partial charge in [-0.15, -0.1) is 11.3 Å². The average Bonchev–Trinajstić information content (AvgIpc) is 3.09. The smallest absolute Gasteiger partial charge is 0.270 e. The molecule has 120 valence electrons. The Labute approximate surface area is 136 Å². The summed E-state index contributed by atoms with van der Waals surface area (Å²) in [5, 5.41) is 27.6. The van der Waals surface area contributed by atoms with Gasteiger partial charge < -0.3 is 10.5 Å². The zero-order chi connectivity index (χ0) is 16.7. The molecule has 0 aliphatic rings. The highest BCUT2D eigenvalue weighted by molar-refractivity contribution is 7.12. The van der Waals surface area contributed by atoms with E-state index in [2.05, 4.69) is 10.5 Å². The first kappa shape index (κ1) is 16.6. The Kier molecular flexibility index (Phi) is 5.81. The molecule has 23 heavy (non-hydrogen) atoms. The van der Waals surface area contributed by atoms with Gasteiger partial charge in [0.2, 0.25) is 0 Å². The minimum Gasteiger partial charge on any atom is -0.411 e. The van der Waals surface area contributed by atoms with Gasteiger partial charge in [-0.1, -0.05) is 17.3 Å². The molecule has 0 fully saturated rings. The standard InChI is InChI=1S/C15H15N3O4S/c19-15(11-4-1-5-12(10-11)18(21)22)16-8-2-6-13(17-20)14-7-3-9-23-14/h1,3-5,7,9-10,20H,2,6,8H2,(H,16,19)/b17-13+. The zero-order valence-electron chi connectivity index (χ0n) is 12.1. The number of thiophene rings is 1. The first-order valence-corrected chi connectivity index (χ1v) is 7.77. The molecule has 0 bridgehead atoms. The maximum Gasteiger partial charge on any atom is 0.270 e. The van der Waals surface area contributed by atoms with E-state index in [1.807, 2.05) is 17.5 Å². The minimum atomic E-state index is -0.540. The lowest BCUT2D eigenvalue weighted by atomic mass is 10.1. The van der Waals surface area contributed by atoms with Gasteiger partial charge in [0.15, 0.2) is 0 Å². The van der Waals surface area contributed by atoms with Crippen LogP contribution in [0.5, 0.6) is 0 Å². The van der Waals surface area contributed by atoms with Crippen molar-refractivity contribution in [3.63, 3.8) is 0 Å². The predicted molar refractivity (Wildman–Crippen MR) is 87.3 cm³/mol. The van der Waals surface area contributed by atoms with Gasteiger partial charge in [-0.2, -0.15) is 0 Å². The first-order chi connectivity index (χ1) is 11.1. The molecular weight excluding hydrogens is 318 g/mol. The zero-order valence-corrected chi connectivity index (χ0v) is 13.0. The van der Waals surface area contributed by atoms with Crippen LogP contribution in [-0.4, -0.2) is 28.3 Å². The fourth-order valence-electron chi connectivity index (χ4n) is 1.99. The lowest BCUT2D eigenvalue weighted by Gasteiger charge is -2.05. The number of non-ortho nitro benzene ring substituents is 1. The highest BCUT2D eigenvalue weighted by Gasteiger charge is 2.11. The molecule has 0 aliphatic heterocycles. The van der Waals surface area contributed by atoms with Crippen LogP contribution in [0.1, 0.15) is 28.1 Å². The minimum absolute atomic E-state index is 0.120. The Bertz CT molecular complexity index is 713. The molecule has 0 aliphatic carbocycles. The number of amides is 1. The van der Waals surface area contributed by atoms with Gasteiger partial charge >= 0.3 is 0 Å². The van der Waals surface area contributed by atoms with Crippen molar-refractivity contribution in [2.45, 2.75) is 12.8 Å². The van der Waals surface area contributed by atoms with Gasteiger partial charge in [0.25, 0.3) is 11.6 Å². The van der Waals surface area contributed by atoms with Crippen LogP contribution in [0.3, 0.4) is 0 Å².